The van der Waals surface area contributed by atoms with Crippen LogP contribution in [0.1, 0.15) is 25.7 Å². The molecular weight excluding hydrogens is 425 g/mol. The highest BCUT2D eigenvalue weighted by atomic mass is 19.1. The van der Waals surface area contributed by atoms with Crippen molar-refractivity contribution in [2.45, 2.75) is 37.8 Å². The molecule has 0 saturated heterocycles. The van der Waals surface area contributed by atoms with E-state index in [1.165, 1.54) is 6.07 Å². The topological polar surface area (TPSA) is 134 Å². The molecule has 0 bridgehead atoms. The number of aliphatic hydroxyl groups excluding tert-OH is 1. The van der Waals surface area contributed by atoms with Crippen LogP contribution in [0.2, 0.25) is 0 Å². The molecule has 2 atom stereocenters. The van der Waals surface area contributed by atoms with Gasteiger partial charge in [0.05, 0.1) is 17.5 Å². The summed E-state index contributed by atoms with van der Waals surface area (Å²) in [6.07, 6.45) is 6.59. The Balaban J connectivity index is 1.32. The summed E-state index contributed by atoms with van der Waals surface area (Å²) in [7, 11) is 0. The lowest BCUT2D eigenvalue weighted by Crippen LogP contribution is -2.36. The first kappa shape index (κ1) is 21.0. The van der Waals surface area contributed by atoms with Crippen LogP contribution in [0.25, 0.3) is 11.0 Å². The predicted octanol–water partition coefficient (Wildman–Crippen LogP) is 4.33. The molecule has 3 heterocycles. The van der Waals surface area contributed by atoms with Crippen molar-refractivity contribution in [1.82, 2.24) is 19.9 Å². The summed E-state index contributed by atoms with van der Waals surface area (Å²) in [6.45, 7) is 0. The fraction of sp³-hybridized carbons (Fsp3) is 0.261. The first-order chi connectivity index (χ1) is 16.0. The van der Waals surface area contributed by atoms with Gasteiger partial charge in [-0.25, -0.2) is 9.37 Å². The molecule has 1 aliphatic carbocycles. The second kappa shape index (κ2) is 8.91. The molecule has 10 heteroatoms. The molecule has 9 nitrogen and oxygen atoms in total. The van der Waals surface area contributed by atoms with E-state index in [1.807, 2.05) is 6.07 Å². The second-order valence-corrected chi connectivity index (χ2v) is 8.02. The van der Waals surface area contributed by atoms with E-state index in [-0.39, 0.29) is 17.7 Å². The van der Waals surface area contributed by atoms with E-state index in [0.717, 1.165) is 31.1 Å². The number of benzene rings is 1. The first-order valence-electron chi connectivity index (χ1n) is 10.8. The Morgan fingerprint density at radius 1 is 1.06 bits per heavy atom. The molecule has 0 unspecified atom stereocenters. The fourth-order valence-corrected chi connectivity index (χ4v) is 4.03. The average Bonchev–Trinajstić information content (AvgIpc) is 3.27. The van der Waals surface area contributed by atoms with Gasteiger partial charge in [0, 0.05) is 30.2 Å². The number of nitrogens with zero attached hydrogens (tertiary/aromatic N) is 3. The quantitative estimate of drug-likeness (QED) is 0.294. The molecule has 33 heavy (non-hydrogen) atoms. The highest BCUT2D eigenvalue weighted by Gasteiger charge is 2.23. The van der Waals surface area contributed by atoms with Crippen molar-refractivity contribution in [2.24, 2.45) is 0 Å². The molecule has 1 fully saturated rings. The van der Waals surface area contributed by atoms with E-state index in [4.69, 9.17) is 10.5 Å². The lowest BCUT2D eigenvalue weighted by atomic mass is 9.93. The van der Waals surface area contributed by atoms with Crippen LogP contribution >= 0.6 is 0 Å². The van der Waals surface area contributed by atoms with E-state index in [2.05, 4.69) is 30.6 Å². The number of nitrogens with one attached hydrogen (secondary N) is 3. The van der Waals surface area contributed by atoms with Crippen molar-refractivity contribution in [1.29, 1.82) is 0 Å². The molecule has 4 aromatic rings. The molecule has 0 spiro atoms. The van der Waals surface area contributed by atoms with E-state index >= 15 is 0 Å². The van der Waals surface area contributed by atoms with Crippen molar-refractivity contribution >= 4 is 34.3 Å². The number of H-pyrrole nitrogens is 1. The summed E-state index contributed by atoms with van der Waals surface area (Å²) in [5, 5.41) is 17.2. The number of hydrogen-bond donors (Lipinski definition) is 5. The highest BCUT2D eigenvalue weighted by Crippen LogP contribution is 2.32. The van der Waals surface area contributed by atoms with Crippen LogP contribution in [-0.4, -0.2) is 37.2 Å². The Hall–Kier alpha value is -3.92. The Morgan fingerprint density at radius 2 is 1.91 bits per heavy atom. The molecule has 0 aliphatic heterocycles. The summed E-state index contributed by atoms with van der Waals surface area (Å²) in [6, 6.07) is 9.64. The third-order valence-corrected chi connectivity index (χ3v) is 5.65. The van der Waals surface area contributed by atoms with E-state index in [9.17, 15) is 9.50 Å². The third-order valence-electron chi connectivity index (χ3n) is 5.65. The molecule has 0 amide bonds. The molecule has 1 saturated carbocycles. The van der Waals surface area contributed by atoms with Gasteiger partial charge in [-0.1, -0.05) is 12.8 Å². The van der Waals surface area contributed by atoms with Crippen LogP contribution in [-0.2, 0) is 0 Å². The summed E-state index contributed by atoms with van der Waals surface area (Å²) < 4.78 is 20.6. The van der Waals surface area contributed by atoms with Crippen molar-refractivity contribution in [2.75, 3.05) is 16.4 Å². The number of hydrogen-bond acceptors (Lipinski definition) is 8. The number of halogens is 1. The van der Waals surface area contributed by atoms with E-state index < -0.39 is 11.9 Å². The summed E-state index contributed by atoms with van der Waals surface area (Å²) in [5.74, 6) is 1.04. The smallest absolute Gasteiger partial charge is 0.223 e. The monoisotopic (exact) mass is 449 g/mol. The van der Waals surface area contributed by atoms with E-state index in [1.54, 1.807) is 36.7 Å². The number of aliphatic hydroxyl groups is 1. The SMILES string of the molecule is Nc1nc(Nc2ccc(Oc3ccnc4[nH]ccc34)c(F)c2)cc(N[C@H]2CCCC[C@@H]2O)n1. The number of fused-ring (bicyclic) bond motifs is 1. The number of aromatic nitrogens is 4. The lowest BCUT2D eigenvalue weighted by molar-refractivity contribution is 0.116. The van der Waals surface area contributed by atoms with Gasteiger partial charge >= 0.3 is 0 Å². The van der Waals surface area contributed by atoms with Gasteiger partial charge in [-0.15, -0.1) is 0 Å². The summed E-state index contributed by atoms with van der Waals surface area (Å²) >= 11 is 0. The Kier molecular flexibility index (Phi) is 5.66. The first-order valence-corrected chi connectivity index (χ1v) is 10.8. The summed E-state index contributed by atoms with van der Waals surface area (Å²) in [4.78, 5) is 15.6. The summed E-state index contributed by atoms with van der Waals surface area (Å²) in [5.41, 5.74) is 7.00. The molecule has 6 N–H and O–H groups in total. The molecular formula is C23H24FN7O2. The second-order valence-electron chi connectivity index (χ2n) is 8.02. The Morgan fingerprint density at radius 3 is 2.76 bits per heavy atom. The van der Waals surface area contributed by atoms with Crippen molar-refractivity contribution < 1.29 is 14.2 Å². The number of nitrogens with two attached hydrogens (primary N) is 1. The fourth-order valence-electron chi connectivity index (χ4n) is 4.03. The van der Waals surface area contributed by atoms with Crippen LogP contribution in [0.4, 0.5) is 27.7 Å². The van der Waals surface area contributed by atoms with E-state index in [0.29, 0.717) is 28.7 Å². The number of anilines is 4. The van der Waals surface area contributed by atoms with Crippen molar-refractivity contribution in [3.05, 3.63) is 54.6 Å². The van der Waals surface area contributed by atoms with Crippen molar-refractivity contribution in [3.63, 3.8) is 0 Å². The minimum absolute atomic E-state index is 0.0708. The van der Waals surface area contributed by atoms with Gasteiger partial charge in [0.1, 0.15) is 23.0 Å². The van der Waals surface area contributed by atoms with Gasteiger partial charge in [0.15, 0.2) is 11.6 Å². The lowest BCUT2D eigenvalue weighted by Gasteiger charge is -2.28. The largest absolute Gasteiger partial charge is 0.453 e. The normalized spacial score (nSPS) is 18.2. The van der Waals surface area contributed by atoms with Crippen LogP contribution in [0.15, 0.2) is 48.8 Å². The van der Waals surface area contributed by atoms with Gasteiger partial charge in [-0.3, -0.25) is 0 Å². The minimum atomic E-state index is -0.536. The number of nitrogen functional groups attached to an aromatic ring is 1. The van der Waals surface area contributed by atoms with Crippen LogP contribution in [0.3, 0.4) is 0 Å². The average molecular weight is 449 g/mol. The van der Waals surface area contributed by atoms with Crippen LogP contribution < -0.4 is 21.1 Å². The third kappa shape index (κ3) is 4.65. The molecule has 5 rings (SSSR count). The van der Waals surface area contributed by atoms with Crippen molar-refractivity contribution in [3.8, 4) is 11.5 Å². The molecule has 0 radical (unpaired) electrons. The zero-order valence-corrected chi connectivity index (χ0v) is 17.8. The zero-order chi connectivity index (χ0) is 22.8. The molecule has 1 aromatic carbocycles. The van der Waals surface area contributed by atoms with Crippen LogP contribution in [0.5, 0.6) is 11.5 Å². The number of pyridine rings is 1. The van der Waals surface area contributed by atoms with Gasteiger partial charge < -0.3 is 31.2 Å². The highest BCUT2D eigenvalue weighted by molar-refractivity contribution is 5.82. The maximum Gasteiger partial charge on any atom is 0.223 e. The predicted molar refractivity (Wildman–Crippen MR) is 124 cm³/mol. The standard InChI is InChI=1S/C23H24FN7O2/c24-15-11-13(5-6-19(15)33-18-8-10-27-22-14(18)7-9-26-22)28-20-12-21(31-23(25)30-20)29-16-3-1-2-4-17(16)32/h5-12,16-17,32H,1-4H2,(H,26,27)(H4,25,28,29,30,31)/t16-,17-/m0/s1. The van der Waals surface area contributed by atoms with Gasteiger partial charge in [-0.05, 0) is 37.1 Å². The molecule has 1 aliphatic rings. The maximum atomic E-state index is 14.8. The molecule has 170 valence electrons. The minimum Gasteiger partial charge on any atom is -0.453 e. The number of rotatable bonds is 6. The Labute approximate surface area is 189 Å². The number of ether oxygens (including phenoxy) is 1. The van der Waals surface area contributed by atoms with Crippen LogP contribution in [0, 0.1) is 5.82 Å². The Bertz CT molecular complexity index is 1280. The molecule has 3 aromatic heterocycles. The van der Waals surface area contributed by atoms with Gasteiger partial charge in [0.2, 0.25) is 5.95 Å². The zero-order valence-electron chi connectivity index (χ0n) is 17.8. The number of aromatic amines is 1. The van der Waals surface area contributed by atoms with Gasteiger partial charge in [0.25, 0.3) is 0 Å². The maximum absolute atomic E-state index is 14.8. The van der Waals surface area contributed by atoms with Gasteiger partial charge in [-0.2, -0.15) is 9.97 Å².